The van der Waals surface area contributed by atoms with Crippen molar-refractivity contribution in [2.24, 2.45) is 5.73 Å². The van der Waals surface area contributed by atoms with Gasteiger partial charge in [-0.25, -0.2) is 4.79 Å². The van der Waals surface area contributed by atoms with E-state index < -0.39 is 5.97 Å². The summed E-state index contributed by atoms with van der Waals surface area (Å²) < 4.78 is 4.57. The zero-order valence-corrected chi connectivity index (χ0v) is 10.9. The predicted molar refractivity (Wildman–Crippen MR) is 71.9 cm³/mol. The van der Waals surface area contributed by atoms with Crippen LogP contribution in [0.25, 0.3) is 10.9 Å². The molecule has 0 radical (unpaired) electrons. The number of Topliss-reactive ketones (excluding diaryl/α,β-unsaturated/α-hetero) is 1. The average Bonchev–Trinajstić information content (AvgIpc) is 2.83. The summed E-state index contributed by atoms with van der Waals surface area (Å²) in [6.45, 7) is -0.140. The number of H-pyrrole nitrogens is 1. The van der Waals surface area contributed by atoms with E-state index in [0.29, 0.717) is 16.5 Å². The number of ketones is 1. The molecule has 0 atom stereocenters. The van der Waals surface area contributed by atoms with E-state index in [1.807, 2.05) is 0 Å². The minimum atomic E-state index is -0.572. The lowest BCUT2D eigenvalue weighted by Crippen LogP contribution is -2.13. The third-order valence-electron chi connectivity index (χ3n) is 2.66. The fourth-order valence-electron chi connectivity index (χ4n) is 1.78. The van der Waals surface area contributed by atoms with Gasteiger partial charge >= 0.3 is 5.97 Å². The fraction of sp³-hybridized carbons (Fsp3) is 0.167. The molecule has 0 spiro atoms. The number of ether oxygens (including phenoxy) is 1. The van der Waals surface area contributed by atoms with Gasteiger partial charge in [-0.15, -0.1) is 12.4 Å². The topological polar surface area (TPSA) is 105 Å². The Hall–Kier alpha value is -2.05. The zero-order chi connectivity index (χ0) is 13.3. The molecule has 0 aliphatic carbocycles. The van der Waals surface area contributed by atoms with E-state index in [1.165, 1.54) is 25.3 Å². The molecule has 0 saturated carbocycles. The lowest BCUT2D eigenvalue weighted by molar-refractivity contribution is 0.0595. The van der Waals surface area contributed by atoms with Crippen LogP contribution in [0.5, 0.6) is 5.75 Å². The van der Waals surface area contributed by atoms with Gasteiger partial charge in [0.2, 0.25) is 0 Å². The number of nitrogens with two attached hydrogens (primary N) is 1. The number of esters is 1. The molecule has 1 aromatic heterocycles. The Kier molecular flexibility index (Phi) is 4.52. The largest absolute Gasteiger partial charge is 0.506 e. The Bertz CT molecular complexity index is 636. The maximum Gasteiger partial charge on any atom is 0.354 e. The Morgan fingerprint density at radius 2 is 2.11 bits per heavy atom. The number of carbonyl (C=O) groups is 2. The molecule has 2 aromatic rings. The lowest BCUT2D eigenvalue weighted by atomic mass is 10.1. The highest BCUT2D eigenvalue weighted by molar-refractivity contribution is 6.11. The van der Waals surface area contributed by atoms with Crippen LogP contribution in [0.3, 0.4) is 0 Å². The first kappa shape index (κ1) is 15.0. The first-order valence-corrected chi connectivity index (χ1v) is 5.24. The van der Waals surface area contributed by atoms with E-state index in [2.05, 4.69) is 9.72 Å². The van der Waals surface area contributed by atoms with Gasteiger partial charge in [0.15, 0.2) is 5.78 Å². The number of methoxy groups -OCH3 is 1. The minimum absolute atomic E-state index is 0. The van der Waals surface area contributed by atoms with Crippen molar-refractivity contribution in [3.63, 3.8) is 0 Å². The Labute approximate surface area is 115 Å². The van der Waals surface area contributed by atoms with Gasteiger partial charge in [0.1, 0.15) is 11.4 Å². The maximum atomic E-state index is 11.7. The quantitative estimate of drug-likeness (QED) is 0.580. The molecule has 1 aromatic carbocycles. The minimum Gasteiger partial charge on any atom is -0.506 e. The van der Waals surface area contributed by atoms with Gasteiger partial charge in [-0.05, 0) is 18.2 Å². The standard InChI is InChI=1S/C12H12N2O4.ClH/c1-18-12(17)8-4-7-6(10(16)5-13)2-3-9(15)11(7)14-8;/h2-4,14-15H,5,13H2,1H3;1H. The number of nitrogens with one attached hydrogen (secondary N) is 1. The van der Waals surface area contributed by atoms with Crippen molar-refractivity contribution < 1.29 is 19.4 Å². The van der Waals surface area contributed by atoms with Crippen LogP contribution in [0.1, 0.15) is 20.8 Å². The summed E-state index contributed by atoms with van der Waals surface area (Å²) in [6, 6.07) is 4.31. The molecular weight excluding hydrogens is 272 g/mol. The van der Waals surface area contributed by atoms with E-state index in [0.717, 1.165) is 0 Å². The van der Waals surface area contributed by atoms with Crippen molar-refractivity contribution in [1.82, 2.24) is 4.98 Å². The molecule has 0 bridgehead atoms. The van der Waals surface area contributed by atoms with Crippen LogP contribution >= 0.6 is 12.4 Å². The van der Waals surface area contributed by atoms with Crippen molar-refractivity contribution in [3.8, 4) is 5.75 Å². The van der Waals surface area contributed by atoms with Crippen LogP contribution in [-0.2, 0) is 4.74 Å². The number of aromatic hydroxyl groups is 1. The molecule has 4 N–H and O–H groups in total. The SMILES string of the molecule is COC(=O)c1cc2c(C(=O)CN)ccc(O)c2[nH]1.Cl. The molecule has 1 heterocycles. The monoisotopic (exact) mass is 284 g/mol. The molecule has 19 heavy (non-hydrogen) atoms. The number of fused-ring (bicyclic) bond motifs is 1. The van der Waals surface area contributed by atoms with E-state index in [1.54, 1.807) is 0 Å². The second-order valence-corrected chi connectivity index (χ2v) is 3.72. The third-order valence-corrected chi connectivity index (χ3v) is 2.66. The zero-order valence-electron chi connectivity index (χ0n) is 10.1. The Morgan fingerprint density at radius 3 is 2.68 bits per heavy atom. The number of aromatic amines is 1. The number of carbonyl (C=O) groups excluding carboxylic acids is 2. The smallest absolute Gasteiger partial charge is 0.354 e. The van der Waals surface area contributed by atoms with Crippen molar-refractivity contribution in [3.05, 3.63) is 29.5 Å². The van der Waals surface area contributed by atoms with Gasteiger partial charge in [0, 0.05) is 10.9 Å². The number of rotatable bonds is 3. The van der Waals surface area contributed by atoms with Crippen LogP contribution in [0.2, 0.25) is 0 Å². The molecule has 0 amide bonds. The number of benzene rings is 1. The second kappa shape index (κ2) is 5.73. The van der Waals surface area contributed by atoms with Gasteiger partial charge in [-0.1, -0.05) is 0 Å². The van der Waals surface area contributed by atoms with Crippen molar-refractivity contribution in [1.29, 1.82) is 0 Å². The fourth-order valence-corrected chi connectivity index (χ4v) is 1.78. The van der Waals surface area contributed by atoms with Crippen LogP contribution in [0.15, 0.2) is 18.2 Å². The van der Waals surface area contributed by atoms with Crippen LogP contribution < -0.4 is 5.73 Å². The Balaban J connectivity index is 0.00000180. The summed E-state index contributed by atoms with van der Waals surface area (Å²) in [5, 5.41) is 10.1. The maximum absolute atomic E-state index is 11.7. The summed E-state index contributed by atoms with van der Waals surface area (Å²) in [7, 11) is 1.25. The summed E-state index contributed by atoms with van der Waals surface area (Å²) in [4.78, 5) is 25.8. The molecule has 102 valence electrons. The molecular formula is C12H13ClN2O4. The molecule has 0 aliphatic rings. The van der Waals surface area contributed by atoms with Gasteiger partial charge in [0.05, 0.1) is 19.2 Å². The van der Waals surface area contributed by atoms with Crippen LogP contribution in [0.4, 0.5) is 0 Å². The highest BCUT2D eigenvalue weighted by atomic mass is 35.5. The summed E-state index contributed by atoms with van der Waals surface area (Å²) in [5.74, 6) is -0.888. The van der Waals surface area contributed by atoms with Gasteiger partial charge in [0.25, 0.3) is 0 Å². The summed E-state index contributed by atoms with van der Waals surface area (Å²) in [5.41, 5.74) is 6.15. The first-order valence-electron chi connectivity index (χ1n) is 5.24. The van der Waals surface area contributed by atoms with Crippen LogP contribution in [-0.4, -0.2) is 35.5 Å². The third kappa shape index (κ3) is 2.54. The van der Waals surface area contributed by atoms with Crippen molar-refractivity contribution in [2.45, 2.75) is 0 Å². The number of hydrogen-bond acceptors (Lipinski definition) is 5. The number of halogens is 1. The van der Waals surface area contributed by atoms with Gasteiger partial charge in [-0.3, -0.25) is 4.79 Å². The lowest BCUT2D eigenvalue weighted by Gasteiger charge is -2.01. The predicted octanol–water partition coefficient (Wildman–Crippen LogP) is 1.22. The highest BCUT2D eigenvalue weighted by Crippen LogP contribution is 2.28. The molecule has 6 nitrogen and oxygen atoms in total. The normalized spacial score (nSPS) is 10.0. The average molecular weight is 285 g/mol. The summed E-state index contributed by atoms with van der Waals surface area (Å²) in [6.07, 6.45) is 0. The molecule has 0 saturated heterocycles. The number of phenolic OH excluding ortho intramolecular Hbond substituents is 1. The van der Waals surface area contributed by atoms with E-state index in [9.17, 15) is 14.7 Å². The van der Waals surface area contributed by atoms with Crippen LogP contribution in [0, 0.1) is 0 Å². The second-order valence-electron chi connectivity index (χ2n) is 3.72. The van der Waals surface area contributed by atoms with Crippen molar-refractivity contribution in [2.75, 3.05) is 13.7 Å². The molecule has 0 unspecified atom stereocenters. The van der Waals surface area contributed by atoms with Crippen molar-refractivity contribution >= 4 is 35.1 Å². The first-order chi connectivity index (χ1) is 8.58. The van der Waals surface area contributed by atoms with Gasteiger partial charge in [-0.2, -0.15) is 0 Å². The Morgan fingerprint density at radius 1 is 1.42 bits per heavy atom. The van der Waals surface area contributed by atoms with E-state index >= 15 is 0 Å². The number of phenols is 1. The van der Waals surface area contributed by atoms with Gasteiger partial charge < -0.3 is 20.6 Å². The van der Waals surface area contributed by atoms with E-state index in [-0.39, 0.29) is 36.2 Å². The van der Waals surface area contributed by atoms with E-state index in [4.69, 9.17) is 5.73 Å². The molecule has 0 aliphatic heterocycles. The summed E-state index contributed by atoms with van der Waals surface area (Å²) >= 11 is 0. The highest BCUT2D eigenvalue weighted by Gasteiger charge is 2.17. The molecule has 7 heteroatoms. The molecule has 0 fully saturated rings. The number of hydrogen-bond donors (Lipinski definition) is 3. The molecule has 2 rings (SSSR count). The number of aromatic nitrogens is 1.